The quantitative estimate of drug-likeness (QED) is 0.543. The average molecular weight is 446 g/mol. The highest BCUT2D eigenvalue weighted by Crippen LogP contribution is 2.31. The van der Waals surface area contributed by atoms with Gasteiger partial charge in [-0.1, -0.05) is 17.7 Å². The van der Waals surface area contributed by atoms with Crippen LogP contribution in [-0.4, -0.2) is 49.4 Å². The summed E-state index contributed by atoms with van der Waals surface area (Å²) in [6, 6.07) is 9.73. The normalized spacial score (nSPS) is 13.7. The Kier molecular flexibility index (Phi) is 6.32. The summed E-state index contributed by atoms with van der Waals surface area (Å²) in [5.41, 5.74) is 2.39. The van der Waals surface area contributed by atoms with E-state index >= 15 is 0 Å². The van der Waals surface area contributed by atoms with Gasteiger partial charge >= 0.3 is 5.97 Å². The van der Waals surface area contributed by atoms with Crippen LogP contribution in [0, 0.1) is 0 Å². The largest absolute Gasteiger partial charge is 0.465 e. The molecule has 1 saturated heterocycles. The predicted molar refractivity (Wildman–Crippen MR) is 119 cm³/mol. The molecular weight excluding hydrogens is 426 g/mol. The van der Waals surface area contributed by atoms with Gasteiger partial charge in [-0.2, -0.15) is 4.98 Å². The van der Waals surface area contributed by atoms with Crippen molar-refractivity contribution in [3.8, 4) is 0 Å². The van der Waals surface area contributed by atoms with Crippen molar-refractivity contribution in [2.75, 3.05) is 48.9 Å². The van der Waals surface area contributed by atoms with Gasteiger partial charge in [0.25, 0.3) is 0 Å². The van der Waals surface area contributed by atoms with Gasteiger partial charge in [-0.25, -0.2) is 9.78 Å². The summed E-state index contributed by atoms with van der Waals surface area (Å²) in [7, 11) is 1.34. The molecule has 0 radical (unpaired) electrons. The lowest BCUT2D eigenvalue weighted by atomic mass is 10.2. The van der Waals surface area contributed by atoms with Gasteiger partial charge in [0.1, 0.15) is 10.0 Å². The summed E-state index contributed by atoms with van der Waals surface area (Å²) >= 11 is 7.62. The molecule has 0 aliphatic carbocycles. The van der Waals surface area contributed by atoms with E-state index in [0.29, 0.717) is 27.4 Å². The summed E-state index contributed by atoms with van der Waals surface area (Å²) in [6.45, 7) is 3.17. The number of halogens is 1. The summed E-state index contributed by atoms with van der Waals surface area (Å²) < 4.78 is 10.2. The van der Waals surface area contributed by atoms with Crippen LogP contribution < -0.4 is 15.5 Å². The standard InChI is InChI=1S/C20H20ClN5O3S/c1-28-19(27)15-5-10-30-18(15)24-17-16(21)12-22-20(25-17)23-13-3-2-4-14(11-13)26-6-8-29-9-7-26/h2-5,10-12H,6-9H2,1H3,(H2,22,23,24,25). The summed E-state index contributed by atoms with van der Waals surface area (Å²) in [6.07, 6.45) is 1.51. The number of esters is 1. The highest BCUT2D eigenvalue weighted by molar-refractivity contribution is 7.14. The van der Waals surface area contributed by atoms with Crippen molar-refractivity contribution >= 4 is 57.0 Å². The lowest BCUT2D eigenvalue weighted by Crippen LogP contribution is -2.36. The summed E-state index contributed by atoms with van der Waals surface area (Å²) in [5, 5.41) is 9.04. The molecule has 1 aliphatic rings. The van der Waals surface area contributed by atoms with E-state index in [1.165, 1.54) is 24.6 Å². The van der Waals surface area contributed by atoms with Gasteiger partial charge in [0.05, 0.1) is 32.1 Å². The molecule has 0 atom stereocenters. The zero-order chi connectivity index (χ0) is 20.9. The first-order chi connectivity index (χ1) is 14.6. The first-order valence-corrected chi connectivity index (χ1v) is 10.5. The molecule has 3 heterocycles. The number of carbonyl (C=O) groups is 1. The van der Waals surface area contributed by atoms with E-state index in [0.717, 1.165) is 37.7 Å². The van der Waals surface area contributed by atoms with Crippen molar-refractivity contribution in [2.24, 2.45) is 0 Å². The maximum Gasteiger partial charge on any atom is 0.340 e. The second-order valence-corrected chi connectivity index (χ2v) is 7.77. The lowest BCUT2D eigenvalue weighted by Gasteiger charge is -2.29. The van der Waals surface area contributed by atoms with E-state index in [4.69, 9.17) is 21.1 Å². The van der Waals surface area contributed by atoms with Crippen LogP contribution in [0.2, 0.25) is 5.02 Å². The Balaban J connectivity index is 1.53. The van der Waals surface area contributed by atoms with Gasteiger partial charge in [-0.05, 0) is 29.6 Å². The van der Waals surface area contributed by atoms with Crippen molar-refractivity contribution in [2.45, 2.75) is 0 Å². The van der Waals surface area contributed by atoms with Crippen molar-refractivity contribution in [1.82, 2.24) is 9.97 Å². The van der Waals surface area contributed by atoms with E-state index in [2.05, 4.69) is 31.6 Å². The Morgan fingerprint density at radius 1 is 1.27 bits per heavy atom. The van der Waals surface area contributed by atoms with E-state index in [-0.39, 0.29) is 0 Å². The summed E-state index contributed by atoms with van der Waals surface area (Å²) in [4.78, 5) is 22.9. The van der Waals surface area contributed by atoms with E-state index in [1.54, 1.807) is 11.4 Å². The van der Waals surface area contributed by atoms with Crippen LogP contribution in [0.15, 0.2) is 41.9 Å². The van der Waals surface area contributed by atoms with Gasteiger partial charge < -0.3 is 25.0 Å². The third-order valence-electron chi connectivity index (χ3n) is 4.53. The zero-order valence-corrected chi connectivity index (χ0v) is 17.8. The van der Waals surface area contributed by atoms with Crippen LogP contribution in [0.4, 0.5) is 28.1 Å². The molecule has 2 N–H and O–H groups in total. The smallest absolute Gasteiger partial charge is 0.340 e. The molecule has 0 unspecified atom stereocenters. The number of nitrogens with one attached hydrogen (secondary N) is 2. The highest BCUT2D eigenvalue weighted by Gasteiger charge is 2.16. The number of benzene rings is 1. The number of methoxy groups -OCH3 is 1. The highest BCUT2D eigenvalue weighted by atomic mass is 35.5. The number of nitrogens with zero attached hydrogens (tertiary/aromatic N) is 3. The third kappa shape index (κ3) is 4.64. The Labute approximate surface area is 182 Å². The first kappa shape index (κ1) is 20.4. The van der Waals surface area contributed by atoms with E-state index in [9.17, 15) is 4.79 Å². The minimum absolute atomic E-state index is 0.340. The fourth-order valence-corrected chi connectivity index (χ4v) is 3.94. The lowest BCUT2D eigenvalue weighted by molar-refractivity contribution is 0.0602. The number of carbonyl (C=O) groups excluding carboxylic acids is 1. The molecule has 1 aliphatic heterocycles. The number of rotatable bonds is 6. The van der Waals surface area contributed by atoms with Crippen molar-refractivity contribution < 1.29 is 14.3 Å². The van der Waals surface area contributed by atoms with Gasteiger partial charge in [-0.3, -0.25) is 0 Å². The van der Waals surface area contributed by atoms with Gasteiger partial charge in [-0.15, -0.1) is 11.3 Å². The van der Waals surface area contributed by atoms with Gasteiger partial charge in [0.15, 0.2) is 5.82 Å². The monoisotopic (exact) mass is 445 g/mol. The minimum Gasteiger partial charge on any atom is -0.465 e. The second-order valence-electron chi connectivity index (χ2n) is 6.44. The van der Waals surface area contributed by atoms with E-state index in [1.807, 2.05) is 18.2 Å². The molecule has 0 amide bonds. The number of thiophene rings is 1. The second kappa shape index (κ2) is 9.29. The Bertz CT molecular complexity index is 1040. The Morgan fingerprint density at radius 3 is 2.90 bits per heavy atom. The number of hydrogen-bond donors (Lipinski definition) is 2. The Morgan fingerprint density at radius 2 is 2.10 bits per heavy atom. The van der Waals surface area contributed by atoms with Crippen LogP contribution in [0.3, 0.4) is 0 Å². The molecule has 30 heavy (non-hydrogen) atoms. The first-order valence-electron chi connectivity index (χ1n) is 9.29. The van der Waals surface area contributed by atoms with Gasteiger partial charge in [0.2, 0.25) is 5.95 Å². The number of hydrogen-bond acceptors (Lipinski definition) is 9. The molecule has 156 valence electrons. The maximum atomic E-state index is 11.9. The average Bonchev–Trinajstić information content (AvgIpc) is 3.24. The molecule has 3 aromatic rings. The number of anilines is 5. The topological polar surface area (TPSA) is 88.6 Å². The summed E-state index contributed by atoms with van der Waals surface area (Å²) in [5.74, 6) is 0.352. The SMILES string of the molecule is COC(=O)c1ccsc1Nc1nc(Nc2cccc(N3CCOCC3)c2)ncc1Cl. The molecule has 0 spiro atoms. The van der Waals surface area contributed by atoms with Gasteiger partial charge in [0, 0.05) is 24.5 Å². The molecule has 0 saturated carbocycles. The zero-order valence-electron chi connectivity index (χ0n) is 16.2. The van der Waals surface area contributed by atoms with Crippen LogP contribution in [0.1, 0.15) is 10.4 Å². The van der Waals surface area contributed by atoms with Crippen LogP contribution >= 0.6 is 22.9 Å². The third-order valence-corrected chi connectivity index (χ3v) is 5.63. The van der Waals surface area contributed by atoms with E-state index < -0.39 is 5.97 Å². The molecule has 0 bridgehead atoms. The maximum absolute atomic E-state index is 11.9. The minimum atomic E-state index is -0.429. The molecule has 4 rings (SSSR count). The van der Waals surface area contributed by atoms with Crippen LogP contribution in [0.25, 0.3) is 0 Å². The van der Waals surface area contributed by atoms with Crippen molar-refractivity contribution in [3.63, 3.8) is 0 Å². The molecule has 2 aromatic heterocycles. The Hall–Kier alpha value is -2.88. The fraction of sp³-hybridized carbons (Fsp3) is 0.250. The molecule has 1 aromatic carbocycles. The molecule has 8 nitrogen and oxygen atoms in total. The van der Waals surface area contributed by atoms with Crippen molar-refractivity contribution in [1.29, 1.82) is 0 Å². The molecule has 10 heteroatoms. The van der Waals surface area contributed by atoms with Crippen molar-refractivity contribution in [3.05, 3.63) is 52.5 Å². The van der Waals surface area contributed by atoms with Crippen LogP contribution in [-0.2, 0) is 9.47 Å². The molecular formula is C20H20ClN5O3S. The predicted octanol–water partition coefficient (Wildman–Crippen LogP) is 4.30. The number of ether oxygens (including phenoxy) is 2. The molecule has 1 fully saturated rings. The number of aromatic nitrogens is 2. The fourth-order valence-electron chi connectivity index (χ4n) is 3.03. The van der Waals surface area contributed by atoms with Crippen LogP contribution in [0.5, 0.6) is 0 Å². The number of morpholine rings is 1.